The fraction of sp³-hybridized carbons (Fsp3) is 0.667. The van der Waals surface area contributed by atoms with E-state index in [-0.39, 0.29) is 42.9 Å². The number of benzene rings is 2. The van der Waals surface area contributed by atoms with Crippen molar-refractivity contribution in [2.45, 2.75) is 148 Å². The van der Waals surface area contributed by atoms with Gasteiger partial charge in [0.1, 0.15) is 41.3 Å². The third-order valence-corrected chi connectivity index (χ3v) is 12.5. The number of carbonyl (C=O) groups excluding carboxylic acids is 3. The van der Waals surface area contributed by atoms with Gasteiger partial charge in [-0.3, -0.25) is 19.3 Å². The van der Waals surface area contributed by atoms with Gasteiger partial charge in [0.2, 0.25) is 0 Å². The minimum absolute atomic E-state index is 0.0591. The summed E-state index contributed by atoms with van der Waals surface area (Å²) < 4.78 is 51.8. The van der Waals surface area contributed by atoms with E-state index in [4.69, 9.17) is 28.4 Å². The maximum Gasteiger partial charge on any atom is 0.312 e. The summed E-state index contributed by atoms with van der Waals surface area (Å²) in [6, 6.07) is 12.2. The van der Waals surface area contributed by atoms with Gasteiger partial charge in [-0.15, -0.1) is 0 Å². The lowest BCUT2D eigenvalue weighted by Gasteiger charge is -2.49. The molecule has 2 aromatic rings. The molecule has 13 nitrogen and oxygen atoms in total. The van der Waals surface area contributed by atoms with Crippen LogP contribution in [0.15, 0.2) is 48.5 Å². The number of esters is 2. The van der Waals surface area contributed by atoms with Crippen LogP contribution in [-0.4, -0.2) is 119 Å². The van der Waals surface area contributed by atoms with E-state index in [1.807, 2.05) is 20.0 Å². The summed E-state index contributed by atoms with van der Waals surface area (Å²) in [7, 11) is 5.00. The average molecular weight is 832 g/mol. The average Bonchev–Trinajstić information content (AvgIpc) is 3.19. The Morgan fingerprint density at radius 1 is 0.983 bits per heavy atom. The van der Waals surface area contributed by atoms with Crippen LogP contribution in [-0.2, 0) is 55.8 Å². The number of hydrogen-bond acceptors (Lipinski definition) is 13. The lowest BCUT2D eigenvalue weighted by Crippen LogP contribution is -2.61. The molecule has 1 unspecified atom stereocenters. The number of hydrogen-bond donors (Lipinski definition) is 3. The minimum atomic E-state index is -2.02. The van der Waals surface area contributed by atoms with Crippen molar-refractivity contribution in [1.29, 1.82) is 0 Å². The first-order valence-electron chi connectivity index (χ1n) is 20.6. The fourth-order valence-corrected chi connectivity index (χ4v) is 8.98. The van der Waals surface area contributed by atoms with Gasteiger partial charge in [0.15, 0.2) is 6.29 Å². The van der Waals surface area contributed by atoms with Crippen molar-refractivity contribution in [3.8, 4) is 5.75 Å². The first-order chi connectivity index (χ1) is 27.7. The summed E-state index contributed by atoms with van der Waals surface area (Å²) in [4.78, 5) is 44.2. The van der Waals surface area contributed by atoms with Crippen LogP contribution in [0.2, 0.25) is 0 Å². The molecule has 0 spiro atoms. The van der Waals surface area contributed by atoms with Crippen molar-refractivity contribution in [2.75, 3.05) is 21.3 Å². The number of aromatic hydroxyl groups is 1. The lowest BCUT2D eigenvalue weighted by atomic mass is 9.74. The Bertz CT molecular complexity index is 1710. The molecular weight excluding hydrogens is 765 g/mol. The molecule has 3 N–H and O–H groups in total. The highest BCUT2D eigenvalue weighted by Crippen LogP contribution is 2.40. The zero-order valence-corrected chi connectivity index (χ0v) is 36.4. The van der Waals surface area contributed by atoms with Crippen LogP contribution in [0, 0.1) is 29.5 Å². The third-order valence-electron chi connectivity index (χ3n) is 12.5. The van der Waals surface area contributed by atoms with Gasteiger partial charge in [0.25, 0.3) is 0 Å². The van der Waals surface area contributed by atoms with Gasteiger partial charge in [-0.2, -0.15) is 0 Å². The van der Waals surface area contributed by atoms with Crippen LogP contribution in [0.4, 0.5) is 4.39 Å². The van der Waals surface area contributed by atoms with Gasteiger partial charge in [0, 0.05) is 44.6 Å². The fourth-order valence-electron chi connectivity index (χ4n) is 8.98. The quantitative estimate of drug-likeness (QED) is 0.247. The van der Waals surface area contributed by atoms with Crippen molar-refractivity contribution < 1.29 is 62.5 Å². The van der Waals surface area contributed by atoms with Crippen LogP contribution in [0.5, 0.6) is 5.75 Å². The third kappa shape index (κ3) is 11.5. The van der Waals surface area contributed by atoms with E-state index in [0.29, 0.717) is 18.5 Å². The normalized spacial score (nSPS) is 36.5. The van der Waals surface area contributed by atoms with Crippen LogP contribution in [0.3, 0.4) is 0 Å². The van der Waals surface area contributed by atoms with Crippen molar-refractivity contribution >= 4 is 17.7 Å². The van der Waals surface area contributed by atoms with Crippen LogP contribution in [0.25, 0.3) is 0 Å². The minimum Gasteiger partial charge on any atom is -0.508 e. The number of ether oxygens (including phenoxy) is 6. The Morgan fingerprint density at radius 3 is 2.24 bits per heavy atom. The number of halogens is 1. The highest BCUT2D eigenvalue weighted by molar-refractivity contribution is 5.83. The molecular formula is C45H66FNO12. The molecule has 14 heteroatoms. The lowest BCUT2D eigenvalue weighted by molar-refractivity contribution is -0.306. The molecule has 0 bridgehead atoms. The number of nitrogens with zero attached hydrogens (tertiary/aromatic N) is 1. The Morgan fingerprint density at radius 2 is 1.64 bits per heavy atom. The van der Waals surface area contributed by atoms with Crippen molar-refractivity contribution in [2.24, 2.45) is 23.7 Å². The summed E-state index contributed by atoms with van der Waals surface area (Å²) in [5.41, 5.74) is -1.97. The van der Waals surface area contributed by atoms with Crippen LogP contribution >= 0.6 is 0 Å². The first-order valence-corrected chi connectivity index (χ1v) is 20.6. The summed E-state index contributed by atoms with van der Waals surface area (Å²) in [5, 5.41) is 33.3. The summed E-state index contributed by atoms with van der Waals surface area (Å²) in [6.07, 6.45) is -6.60. The predicted octanol–water partition coefficient (Wildman–Crippen LogP) is 5.38. The SMILES string of the molecule is CC[C@H]1OC(=O)[C@H](C)[C@@H](OC(=O)Cc2ccc(F)cc2)[C@H](C)[C@@H](OC2O[C@@H](C)C[C@@H](N(C)Cc3cccc(O)c3)[C@@H]2OC)[C@](C)(OC)C[C@@H](C)C(=O)[C@@H](C)[C@@H](O)[C@]1(C)O. The number of aliphatic hydroxyl groups is 2. The van der Waals surface area contributed by atoms with E-state index < -0.39 is 89.4 Å². The van der Waals surface area contributed by atoms with E-state index in [2.05, 4.69) is 4.90 Å². The number of methoxy groups -OCH3 is 2. The number of ketones is 1. The van der Waals surface area contributed by atoms with Crippen molar-refractivity contribution in [1.82, 2.24) is 4.90 Å². The smallest absolute Gasteiger partial charge is 0.312 e. The van der Waals surface area contributed by atoms with Gasteiger partial charge in [0.05, 0.1) is 36.3 Å². The number of aliphatic hydroxyl groups excluding tert-OH is 1. The van der Waals surface area contributed by atoms with Gasteiger partial charge >= 0.3 is 11.9 Å². The van der Waals surface area contributed by atoms with Crippen LogP contribution < -0.4 is 0 Å². The molecule has 2 aliphatic heterocycles. The monoisotopic (exact) mass is 831 g/mol. The number of Topliss-reactive ketones (excluding diaryl/α,β-unsaturated/α-hetero) is 1. The number of likely N-dealkylation sites (N-methyl/N-ethyl adjacent to an activating group) is 1. The van der Waals surface area contributed by atoms with E-state index in [1.54, 1.807) is 59.9 Å². The van der Waals surface area contributed by atoms with E-state index in [9.17, 15) is 34.1 Å². The molecule has 0 amide bonds. The Balaban J connectivity index is 1.82. The second-order valence-electron chi connectivity index (χ2n) is 17.2. The largest absolute Gasteiger partial charge is 0.508 e. The maximum absolute atomic E-state index is 14.2. The molecule has 0 saturated carbocycles. The highest BCUT2D eigenvalue weighted by Gasteiger charge is 2.53. The topological polar surface area (TPSA) is 171 Å². The first kappa shape index (κ1) is 48.2. The number of rotatable bonds is 11. The van der Waals surface area contributed by atoms with E-state index in [0.717, 1.165) is 5.56 Å². The maximum atomic E-state index is 14.2. The molecule has 59 heavy (non-hydrogen) atoms. The second-order valence-corrected chi connectivity index (χ2v) is 17.2. The Labute approximate surface area is 348 Å². The molecule has 4 rings (SSSR count). The molecule has 0 aliphatic carbocycles. The standard InChI is InChI=1S/C45H66FNO12/c1-12-35-45(8,53)40(51)27(4)37(50)25(2)23-44(7,55-11)41(28(5)38(29(6)42(52)57-35)58-36(49)22-30-16-18-32(46)19-17-30)59-43-39(54-10)34(20-26(3)56-43)47(9)24-31-14-13-15-33(48)21-31/h13-19,21,25-29,34-35,38-41,43,48,51,53H,12,20,22-24H2,1-11H3/t25-,26+,27-,28+,29-,34-,35-,38+,39+,40-,41-,43?,44-,45-/m1/s1. The highest BCUT2D eigenvalue weighted by atomic mass is 19.1. The molecule has 330 valence electrons. The molecule has 2 fully saturated rings. The molecule has 14 atom stereocenters. The van der Waals surface area contributed by atoms with Gasteiger partial charge < -0.3 is 43.7 Å². The van der Waals surface area contributed by atoms with Crippen molar-refractivity contribution in [3.05, 3.63) is 65.5 Å². The number of carbonyl (C=O) groups is 3. The Hall–Kier alpha value is -3.50. The zero-order valence-electron chi connectivity index (χ0n) is 36.4. The summed E-state index contributed by atoms with van der Waals surface area (Å²) >= 11 is 0. The molecule has 2 aromatic carbocycles. The zero-order chi connectivity index (χ0) is 44.0. The summed E-state index contributed by atoms with van der Waals surface area (Å²) in [6.45, 7) is 13.8. The number of cyclic esters (lactones) is 1. The summed E-state index contributed by atoms with van der Waals surface area (Å²) in [5.74, 6) is -5.99. The van der Waals surface area contributed by atoms with Gasteiger partial charge in [-0.25, -0.2) is 4.39 Å². The number of phenols is 1. The Kier molecular flexibility index (Phi) is 16.6. The second kappa shape index (κ2) is 20.4. The molecule has 2 heterocycles. The molecule has 0 radical (unpaired) electrons. The molecule has 2 aliphatic rings. The predicted molar refractivity (Wildman–Crippen MR) is 216 cm³/mol. The van der Waals surface area contributed by atoms with Crippen molar-refractivity contribution in [3.63, 3.8) is 0 Å². The van der Waals surface area contributed by atoms with E-state index in [1.165, 1.54) is 45.2 Å². The van der Waals surface area contributed by atoms with Crippen LogP contribution in [0.1, 0.15) is 85.8 Å². The van der Waals surface area contributed by atoms with Gasteiger partial charge in [-0.1, -0.05) is 52.0 Å². The van der Waals surface area contributed by atoms with E-state index >= 15 is 0 Å². The molecule has 0 aromatic heterocycles. The molecule has 2 saturated heterocycles. The number of phenolic OH excluding ortho intramolecular Hbond substituents is 1. The van der Waals surface area contributed by atoms with Gasteiger partial charge in [-0.05, 0) is 89.4 Å².